The average molecular weight is 200 g/mol. The number of nitrogens with one attached hydrogen (secondary N) is 1. The molecule has 66 valence electrons. The summed E-state index contributed by atoms with van der Waals surface area (Å²) >= 11 is 0. The fraction of sp³-hybridized carbons (Fsp3) is 1.00. The second-order valence-electron chi connectivity index (χ2n) is 2.15. The van der Waals surface area contributed by atoms with Crippen LogP contribution in [-0.2, 0) is 9.13 Å². The topological polar surface area (TPSA) is 86.6 Å². The molecule has 0 aliphatic rings. The lowest BCUT2D eigenvalue weighted by Crippen LogP contribution is -2.02. The van der Waals surface area contributed by atoms with Crippen LogP contribution in [0, 0.1) is 0 Å². The van der Waals surface area contributed by atoms with E-state index in [1.165, 1.54) is 0 Å². The molecular formula is C4H12NO4P2+. The highest BCUT2D eigenvalue weighted by atomic mass is 31.2. The Balaban J connectivity index is 3.80. The number of hydrogen-bond donors (Lipinski definition) is 3. The van der Waals surface area contributed by atoms with Crippen molar-refractivity contribution < 1.29 is 18.9 Å². The third-order valence-corrected chi connectivity index (χ3v) is 3.91. The summed E-state index contributed by atoms with van der Waals surface area (Å²) < 4.78 is 21.0. The van der Waals surface area contributed by atoms with Crippen LogP contribution in [0.1, 0.15) is 19.8 Å². The molecule has 0 aliphatic carbocycles. The maximum Gasteiger partial charge on any atom is 0.619 e. The molecule has 0 heterocycles. The van der Waals surface area contributed by atoms with Gasteiger partial charge in [-0.2, -0.15) is 0 Å². The zero-order valence-corrected chi connectivity index (χ0v) is 8.02. The van der Waals surface area contributed by atoms with Gasteiger partial charge < -0.3 is 4.89 Å². The first-order valence-electron chi connectivity index (χ1n) is 3.24. The molecule has 0 saturated carbocycles. The lowest BCUT2D eigenvalue weighted by atomic mass is 10.4. The van der Waals surface area contributed by atoms with Crippen LogP contribution in [0.15, 0.2) is 0 Å². The summed E-state index contributed by atoms with van der Waals surface area (Å²) in [5.74, 6) is 0. The fourth-order valence-electron chi connectivity index (χ4n) is 0.556. The Hall–Kier alpha value is 0.210. The van der Waals surface area contributed by atoms with E-state index < -0.39 is 15.7 Å². The molecule has 0 bridgehead atoms. The van der Waals surface area contributed by atoms with Crippen LogP contribution in [0.4, 0.5) is 0 Å². The van der Waals surface area contributed by atoms with E-state index in [0.29, 0.717) is 6.42 Å². The molecular weight excluding hydrogens is 188 g/mol. The predicted molar refractivity (Wildman–Crippen MR) is 42.6 cm³/mol. The van der Waals surface area contributed by atoms with E-state index in [2.05, 4.69) is 0 Å². The van der Waals surface area contributed by atoms with Gasteiger partial charge in [-0.05, 0) is 11.0 Å². The maximum atomic E-state index is 10.9. The van der Waals surface area contributed by atoms with Crippen LogP contribution in [0.2, 0.25) is 0 Å². The Morgan fingerprint density at radius 2 is 2.18 bits per heavy atom. The Bertz CT molecular complexity index is 183. The molecule has 0 spiro atoms. The van der Waals surface area contributed by atoms with Crippen molar-refractivity contribution in [3.8, 4) is 0 Å². The summed E-state index contributed by atoms with van der Waals surface area (Å²) in [6.45, 7) is 1.87. The van der Waals surface area contributed by atoms with E-state index in [1.54, 1.807) is 4.86 Å². The van der Waals surface area contributed by atoms with Gasteiger partial charge in [0.15, 0.2) is 0 Å². The molecule has 0 aromatic rings. The molecule has 3 N–H and O–H groups in total. The molecule has 2 unspecified atom stereocenters. The van der Waals surface area contributed by atoms with Gasteiger partial charge in [0.05, 0.1) is 0 Å². The number of unbranched alkanes of at least 4 members (excludes halogenated alkanes) is 1. The molecule has 0 rings (SSSR count). The minimum absolute atomic E-state index is 0.0468. The highest BCUT2D eigenvalue weighted by Gasteiger charge is 2.27. The summed E-state index contributed by atoms with van der Waals surface area (Å²) in [6.07, 6.45) is 1.41. The van der Waals surface area contributed by atoms with Gasteiger partial charge in [0.25, 0.3) is 0 Å². The van der Waals surface area contributed by atoms with E-state index in [4.69, 9.17) is 9.79 Å². The van der Waals surface area contributed by atoms with Gasteiger partial charge in [0.1, 0.15) is 0 Å². The standard InChI is InChI=1S/C4H11NO4P2/c1-2-3-4-11(8,9)5-10(6)7/h2-4H2,1H3,(H2-,5,6,7,8,9)/p+1. The molecule has 0 aromatic carbocycles. The van der Waals surface area contributed by atoms with Crippen LogP contribution >= 0.6 is 15.7 Å². The molecule has 7 heteroatoms. The van der Waals surface area contributed by atoms with Crippen molar-refractivity contribution in [2.75, 3.05) is 6.16 Å². The van der Waals surface area contributed by atoms with Gasteiger partial charge in [-0.3, -0.25) is 4.57 Å². The molecule has 5 nitrogen and oxygen atoms in total. The number of hydrogen-bond acceptors (Lipinski definition) is 2. The van der Waals surface area contributed by atoms with Gasteiger partial charge >= 0.3 is 15.7 Å². The Morgan fingerprint density at radius 1 is 1.64 bits per heavy atom. The molecule has 0 saturated heterocycles. The largest absolute Gasteiger partial charge is 0.619 e. The third kappa shape index (κ3) is 6.60. The summed E-state index contributed by atoms with van der Waals surface area (Å²) in [5.41, 5.74) is 0. The zero-order valence-electron chi connectivity index (χ0n) is 6.23. The molecule has 0 radical (unpaired) electrons. The van der Waals surface area contributed by atoms with Crippen LogP contribution in [0.3, 0.4) is 0 Å². The van der Waals surface area contributed by atoms with E-state index in [-0.39, 0.29) is 6.16 Å². The Morgan fingerprint density at radius 3 is 2.55 bits per heavy atom. The van der Waals surface area contributed by atoms with Gasteiger partial charge in [0, 0.05) is 11.0 Å². The minimum atomic E-state index is -3.55. The van der Waals surface area contributed by atoms with Crippen molar-refractivity contribution in [3.63, 3.8) is 0 Å². The lowest BCUT2D eigenvalue weighted by molar-refractivity contribution is 0.460. The van der Waals surface area contributed by atoms with Gasteiger partial charge in [-0.1, -0.05) is 13.3 Å². The van der Waals surface area contributed by atoms with Crippen molar-refractivity contribution >= 4 is 15.7 Å². The second-order valence-corrected chi connectivity index (χ2v) is 5.35. The van der Waals surface area contributed by atoms with Crippen molar-refractivity contribution in [3.05, 3.63) is 0 Å². The van der Waals surface area contributed by atoms with E-state index >= 15 is 0 Å². The van der Waals surface area contributed by atoms with Gasteiger partial charge in [-0.25, -0.2) is 0 Å². The Labute approximate surface area is 66.3 Å². The number of rotatable bonds is 5. The quantitative estimate of drug-likeness (QED) is 0.580. The zero-order chi connectivity index (χ0) is 8.91. The highest BCUT2D eigenvalue weighted by molar-refractivity contribution is 7.64. The van der Waals surface area contributed by atoms with E-state index in [0.717, 1.165) is 6.42 Å². The lowest BCUT2D eigenvalue weighted by Gasteiger charge is -2.02. The monoisotopic (exact) mass is 200 g/mol. The summed E-state index contributed by atoms with van der Waals surface area (Å²) in [5, 5.41) is 0. The van der Waals surface area contributed by atoms with E-state index in [1.807, 2.05) is 6.92 Å². The summed E-state index contributed by atoms with van der Waals surface area (Å²) in [7, 11) is -6.27. The first-order valence-corrected chi connectivity index (χ1v) is 6.29. The van der Waals surface area contributed by atoms with Gasteiger partial charge in [-0.15, -0.1) is 4.89 Å². The first kappa shape index (κ1) is 11.2. The smallest absolute Gasteiger partial charge is 0.331 e. The highest BCUT2D eigenvalue weighted by Crippen LogP contribution is 2.41. The summed E-state index contributed by atoms with van der Waals surface area (Å²) in [6, 6.07) is 0. The molecule has 11 heavy (non-hydrogen) atoms. The third-order valence-electron chi connectivity index (χ3n) is 1.06. The van der Waals surface area contributed by atoms with Crippen molar-refractivity contribution in [2.24, 2.45) is 0 Å². The van der Waals surface area contributed by atoms with Crippen LogP contribution in [0.25, 0.3) is 0 Å². The van der Waals surface area contributed by atoms with E-state index in [9.17, 15) is 9.13 Å². The minimum Gasteiger partial charge on any atom is -0.331 e. The predicted octanol–water partition coefficient (Wildman–Crippen LogP) is 1.21. The van der Waals surface area contributed by atoms with Crippen LogP contribution in [0.5, 0.6) is 0 Å². The van der Waals surface area contributed by atoms with Crippen molar-refractivity contribution in [2.45, 2.75) is 19.8 Å². The molecule has 2 atom stereocenters. The maximum absolute atomic E-state index is 10.9. The molecule has 0 aromatic heterocycles. The van der Waals surface area contributed by atoms with Crippen molar-refractivity contribution in [1.29, 1.82) is 0 Å². The fourth-order valence-corrected chi connectivity index (χ4v) is 2.77. The molecule has 0 fully saturated rings. The Kier molecular flexibility index (Phi) is 5.06. The normalized spacial score (nSPS) is 17.5. The van der Waals surface area contributed by atoms with Crippen LogP contribution < -0.4 is 4.86 Å². The molecule has 0 amide bonds. The van der Waals surface area contributed by atoms with Gasteiger partial charge in [0.2, 0.25) is 0 Å². The van der Waals surface area contributed by atoms with Crippen molar-refractivity contribution in [1.82, 2.24) is 4.86 Å². The second kappa shape index (κ2) is 4.96. The first-order chi connectivity index (χ1) is 4.98. The van der Waals surface area contributed by atoms with Crippen LogP contribution in [-0.4, -0.2) is 15.9 Å². The summed E-state index contributed by atoms with van der Waals surface area (Å²) in [4.78, 5) is 18.9. The average Bonchev–Trinajstić information content (AvgIpc) is 1.81. The molecule has 0 aliphatic heterocycles. The SMILES string of the molecule is CCCCP(=O)(O)N[P+](=O)O.